The minimum absolute atomic E-state index is 0.0796. The molecule has 0 saturated heterocycles. The summed E-state index contributed by atoms with van der Waals surface area (Å²) in [5, 5.41) is 2.97. The van der Waals surface area contributed by atoms with Gasteiger partial charge in [-0.05, 0) is 73.0 Å². The lowest BCUT2D eigenvalue weighted by molar-refractivity contribution is -0.140. The van der Waals surface area contributed by atoms with Crippen LogP contribution >= 0.6 is 0 Å². The fourth-order valence-corrected chi connectivity index (χ4v) is 6.05. The van der Waals surface area contributed by atoms with Crippen molar-refractivity contribution in [3.05, 3.63) is 132 Å². The van der Waals surface area contributed by atoms with E-state index in [1.807, 2.05) is 44.2 Å². The predicted molar refractivity (Wildman–Crippen MR) is 166 cm³/mol. The van der Waals surface area contributed by atoms with Crippen molar-refractivity contribution in [3.8, 4) is 0 Å². The van der Waals surface area contributed by atoms with Crippen LogP contribution in [0.2, 0.25) is 0 Å². The van der Waals surface area contributed by atoms with E-state index in [0.717, 1.165) is 34.1 Å². The Morgan fingerprint density at radius 3 is 1.89 bits per heavy atom. The van der Waals surface area contributed by atoms with Gasteiger partial charge in [-0.25, -0.2) is 17.2 Å². The lowest BCUT2D eigenvalue weighted by Crippen LogP contribution is -2.54. The van der Waals surface area contributed by atoms with E-state index in [0.29, 0.717) is 12.0 Å². The Balaban J connectivity index is 1.78. The molecule has 0 fully saturated rings. The number of nitrogens with zero attached hydrogens (tertiary/aromatic N) is 2. The van der Waals surface area contributed by atoms with Gasteiger partial charge in [-0.15, -0.1) is 0 Å². The molecule has 0 unspecified atom stereocenters. The first-order valence-electron chi connectivity index (χ1n) is 14.3. The maximum absolute atomic E-state index is 14.3. The Labute approximate surface area is 257 Å². The maximum atomic E-state index is 14.3. The number of carbonyl (C=O) groups is 2. The van der Waals surface area contributed by atoms with Crippen LogP contribution < -0.4 is 9.62 Å². The summed E-state index contributed by atoms with van der Waals surface area (Å²) in [5.41, 5.74) is 1.57. The Morgan fingerprint density at radius 2 is 1.32 bits per heavy atom. The van der Waals surface area contributed by atoms with Crippen molar-refractivity contribution in [2.45, 2.75) is 50.2 Å². The number of hydrogen-bond acceptors (Lipinski definition) is 4. The fraction of sp³-hybridized carbons (Fsp3) is 0.235. The van der Waals surface area contributed by atoms with E-state index in [-0.39, 0.29) is 29.6 Å². The predicted octanol–water partition coefficient (Wildman–Crippen LogP) is 5.71. The summed E-state index contributed by atoms with van der Waals surface area (Å²) in [6.45, 7) is 3.06. The molecule has 0 aliphatic carbocycles. The second-order valence-electron chi connectivity index (χ2n) is 10.5. The molecule has 2 atom stereocenters. The highest BCUT2D eigenvalue weighted by Gasteiger charge is 2.35. The van der Waals surface area contributed by atoms with Crippen molar-refractivity contribution in [2.75, 3.05) is 10.8 Å². The molecule has 0 saturated carbocycles. The van der Waals surface area contributed by atoms with Crippen LogP contribution in [0.4, 0.5) is 14.5 Å². The van der Waals surface area contributed by atoms with Crippen LogP contribution in [0.5, 0.6) is 0 Å². The fourth-order valence-electron chi connectivity index (χ4n) is 4.64. The van der Waals surface area contributed by atoms with Crippen LogP contribution in [0.25, 0.3) is 0 Å². The van der Waals surface area contributed by atoms with Gasteiger partial charge in [-0.2, -0.15) is 0 Å². The van der Waals surface area contributed by atoms with Crippen LogP contribution in [-0.2, 0) is 32.6 Å². The van der Waals surface area contributed by atoms with Crippen LogP contribution in [0.3, 0.4) is 0 Å². The molecular weight excluding hydrogens is 584 g/mol. The molecule has 0 aliphatic rings. The highest BCUT2D eigenvalue weighted by Crippen LogP contribution is 2.25. The third-order valence-electron chi connectivity index (χ3n) is 7.26. The number of benzene rings is 4. The molecule has 4 aromatic carbocycles. The molecule has 0 spiro atoms. The van der Waals surface area contributed by atoms with E-state index < -0.39 is 46.1 Å². The Bertz CT molecular complexity index is 1640. The van der Waals surface area contributed by atoms with Gasteiger partial charge in [-0.3, -0.25) is 13.9 Å². The largest absolute Gasteiger partial charge is 0.352 e. The number of amides is 2. The number of halogens is 2. The van der Waals surface area contributed by atoms with Gasteiger partial charge < -0.3 is 10.2 Å². The average Bonchev–Trinajstić information content (AvgIpc) is 3.03. The topological polar surface area (TPSA) is 86.8 Å². The van der Waals surface area contributed by atoms with Crippen molar-refractivity contribution < 1.29 is 26.8 Å². The van der Waals surface area contributed by atoms with Crippen LogP contribution in [0.15, 0.2) is 114 Å². The summed E-state index contributed by atoms with van der Waals surface area (Å²) in [4.78, 5) is 29.3. The minimum Gasteiger partial charge on any atom is -0.352 e. The van der Waals surface area contributed by atoms with E-state index in [2.05, 4.69) is 5.32 Å². The smallest absolute Gasteiger partial charge is 0.264 e. The molecule has 4 aromatic rings. The normalized spacial score (nSPS) is 12.6. The molecule has 4 rings (SSSR count). The highest BCUT2D eigenvalue weighted by molar-refractivity contribution is 7.92. The molecule has 0 aromatic heterocycles. The van der Waals surface area contributed by atoms with E-state index in [1.54, 1.807) is 30.3 Å². The molecular formula is C34H35F2N3O4S. The standard InChI is InChI=1S/C34H35F2N3O4S/c1-3-25(2)37-34(41)32(22-26-10-6-4-7-11-26)38(23-27-14-16-28(35)17-15-27)33(40)24-39(30-12-8-5-9-13-30)44(42,43)31-20-18-29(36)19-21-31/h4-21,25,32H,3,22-24H2,1-2H3,(H,37,41)/t25-,32+/m0/s1. The Hall–Kier alpha value is -4.57. The Kier molecular flexibility index (Phi) is 10.8. The molecule has 0 bridgehead atoms. The van der Waals surface area contributed by atoms with E-state index in [9.17, 15) is 26.8 Å². The minimum atomic E-state index is -4.34. The summed E-state index contributed by atoms with van der Waals surface area (Å²) in [7, 11) is -4.34. The van der Waals surface area contributed by atoms with Gasteiger partial charge in [0.1, 0.15) is 24.2 Å². The zero-order valence-corrected chi connectivity index (χ0v) is 25.4. The Morgan fingerprint density at radius 1 is 0.773 bits per heavy atom. The first kappa shape index (κ1) is 32.3. The van der Waals surface area contributed by atoms with Crippen LogP contribution in [0, 0.1) is 11.6 Å². The van der Waals surface area contributed by atoms with Crippen molar-refractivity contribution in [2.24, 2.45) is 0 Å². The number of sulfonamides is 1. The van der Waals surface area contributed by atoms with Gasteiger partial charge in [-0.1, -0.05) is 67.6 Å². The first-order chi connectivity index (χ1) is 21.1. The van der Waals surface area contributed by atoms with Gasteiger partial charge in [0.15, 0.2) is 0 Å². The second kappa shape index (κ2) is 14.7. The van der Waals surface area contributed by atoms with E-state index >= 15 is 0 Å². The van der Waals surface area contributed by atoms with Gasteiger partial charge in [0.05, 0.1) is 10.6 Å². The quantitative estimate of drug-likeness (QED) is 0.208. The van der Waals surface area contributed by atoms with Crippen molar-refractivity contribution in [3.63, 3.8) is 0 Å². The SMILES string of the molecule is CC[C@H](C)NC(=O)[C@@H](Cc1ccccc1)N(Cc1ccc(F)cc1)C(=O)CN(c1ccccc1)S(=O)(=O)c1ccc(F)cc1. The molecule has 44 heavy (non-hydrogen) atoms. The van der Waals surface area contributed by atoms with E-state index in [1.165, 1.54) is 29.2 Å². The second-order valence-corrected chi connectivity index (χ2v) is 12.3. The molecule has 1 N–H and O–H groups in total. The van der Waals surface area contributed by atoms with Gasteiger partial charge in [0.25, 0.3) is 10.0 Å². The van der Waals surface area contributed by atoms with Crippen LogP contribution in [-0.4, -0.2) is 43.8 Å². The third kappa shape index (κ3) is 8.29. The average molecular weight is 620 g/mol. The summed E-state index contributed by atoms with van der Waals surface area (Å²) in [6, 6.07) is 26.0. The number of para-hydroxylation sites is 1. The van der Waals surface area contributed by atoms with E-state index in [4.69, 9.17) is 0 Å². The molecule has 0 radical (unpaired) electrons. The van der Waals surface area contributed by atoms with Crippen LogP contribution in [0.1, 0.15) is 31.4 Å². The zero-order chi connectivity index (χ0) is 31.7. The molecule has 2 amide bonds. The zero-order valence-electron chi connectivity index (χ0n) is 24.6. The lowest BCUT2D eigenvalue weighted by atomic mass is 10.0. The number of rotatable bonds is 13. The molecule has 0 aliphatic heterocycles. The summed E-state index contributed by atoms with van der Waals surface area (Å²) in [6.07, 6.45) is 0.819. The van der Waals surface area contributed by atoms with Gasteiger partial charge >= 0.3 is 0 Å². The lowest BCUT2D eigenvalue weighted by Gasteiger charge is -2.34. The van der Waals surface area contributed by atoms with Crippen molar-refractivity contribution in [1.29, 1.82) is 0 Å². The van der Waals surface area contributed by atoms with Gasteiger partial charge in [0, 0.05) is 19.0 Å². The molecule has 7 nitrogen and oxygen atoms in total. The van der Waals surface area contributed by atoms with Crippen molar-refractivity contribution >= 4 is 27.5 Å². The number of carbonyl (C=O) groups excluding carboxylic acids is 2. The van der Waals surface area contributed by atoms with Gasteiger partial charge in [0.2, 0.25) is 11.8 Å². The first-order valence-corrected chi connectivity index (χ1v) is 15.7. The summed E-state index contributed by atoms with van der Waals surface area (Å²) in [5.74, 6) is -2.11. The molecule has 230 valence electrons. The third-order valence-corrected chi connectivity index (χ3v) is 9.05. The number of anilines is 1. The maximum Gasteiger partial charge on any atom is 0.264 e. The highest BCUT2D eigenvalue weighted by atomic mass is 32.2. The number of hydrogen-bond donors (Lipinski definition) is 1. The molecule has 0 heterocycles. The molecule has 10 heteroatoms. The summed E-state index contributed by atoms with van der Waals surface area (Å²) < 4.78 is 56.2. The monoisotopic (exact) mass is 619 g/mol. The summed E-state index contributed by atoms with van der Waals surface area (Å²) >= 11 is 0. The van der Waals surface area contributed by atoms with Crippen molar-refractivity contribution in [1.82, 2.24) is 10.2 Å². The number of nitrogens with one attached hydrogen (secondary N) is 1.